The zero-order valence-electron chi connectivity index (χ0n) is 15.2. The molecule has 0 N–H and O–H groups in total. The Morgan fingerprint density at radius 3 is 2.30 bits per heavy atom. The van der Waals surface area contributed by atoms with Gasteiger partial charge in [0.2, 0.25) is 0 Å². The minimum absolute atomic E-state index is 0.259. The number of rotatable bonds is 2. The van der Waals surface area contributed by atoms with E-state index in [-0.39, 0.29) is 5.63 Å². The summed E-state index contributed by atoms with van der Waals surface area (Å²) in [7, 11) is 0. The molecule has 0 atom stereocenters. The molecular weight excluding hydrogens is 334 g/mol. The highest BCUT2D eigenvalue weighted by Crippen LogP contribution is 2.38. The van der Waals surface area contributed by atoms with Crippen molar-refractivity contribution in [3.05, 3.63) is 77.2 Å². The Balaban J connectivity index is 1.90. The van der Waals surface area contributed by atoms with Crippen molar-refractivity contribution in [1.29, 1.82) is 0 Å². The minimum atomic E-state index is -0.259. The minimum Gasteiger partial charge on any atom is -0.421 e. The first-order valence-electron chi connectivity index (χ1n) is 9.62. The van der Waals surface area contributed by atoms with Gasteiger partial charge in [-0.05, 0) is 36.3 Å². The Hall–Kier alpha value is -3.07. The lowest BCUT2D eigenvalue weighted by atomic mass is 9.98. The smallest absolute Gasteiger partial charge is 0.346 e. The number of piperidine rings is 1. The van der Waals surface area contributed by atoms with Gasteiger partial charge in [-0.2, -0.15) is 0 Å². The van der Waals surface area contributed by atoms with Crippen molar-refractivity contribution in [2.75, 3.05) is 18.0 Å². The zero-order chi connectivity index (χ0) is 18.2. The van der Waals surface area contributed by atoms with Gasteiger partial charge in [0.05, 0.1) is 11.3 Å². The number of hydrogen-bond acceptors (Lipinski definition) is 3. The van der Waals surface area contributed by atoms with Gasteiger partial charge in [-0.1, -0.05) is 60.7 Å². The molecule has 5 rings (SSSR count). The van der Waals surface area contributed by atoms with Crippen molar-refractivity contribution in [3.63, 3.8) is 0 Å². The molecule has 2 heterocycles. The molecule has 0 saturated carbocycles. The molecule has 134 valence electrons. The van der Waals surface area contributed by atoms with Gasteiger partial charge in [-0.25, -0.2) is 4.79 Å². The van der Waals surface area contributed by atoms with E-state index in [1.54, 1.807) is 0 Å². The second-order valence-corrected chi connectivity index (χ2v) is 7.19. The van der Waals surface area contributed by atoms with Crippen molar-refractivity contribution in [2.45, 2.75) is 19.3 Å². The van der Waals surface area contributed by atoms with Gasteiger partial charge in [-0.3, -0.25) is 0 Å². The van der Waals surface area contributed by atoms with E-state index >= 15 is 0 Å². The van der Waals surface area contributed by atoms with Crippen LogP contribution in [0, 0.1) is 0 Å². The van der Waals surface area contributed by atoms with Crippen LogP contribution in [0.1, 0.15) is 19.3 Å². The van der Waals surface area contributed by atoms with Crippen LogP contribution in [0.4, 0.5) is 5.69 Å². The maximum absolute atomic E-state index is 13.1. The van der Waals surface area contributed by atoms with Crippen molar-refractivity contribution in [1.82, 2.24) is 0 Å². The molecule has 27 heavy (non-hydrogen) atoms. The molecular formula is C24H21NO2. The number of fused-ring (bicyclic) bond motifs is 3. The molecule has 0 radical (unpaired) electrons. The summed E-state index contributed by atoms with van der Waals surface area (Å²) in [5, 5.41) is 3.10. The molecule has 0 bridgehead atoms. The monoisotopic (exact) mass is 355 g/mol. The fraction of sp³-hybridized carbons (Fsp3) is 0.208. The summed E-state index contributed by atoms with van der Waals surface area (Å²) in [6, 6.07) is 22.2. The second-order valence-electron chi connectivity index (χ2n) is 7.19. The van der Waals surface area contributed by atoms with Crippen molar-refractivity contribution in [3.8, 4) is 11.1 Å². The maximum atomic E-state index is 13.1. The predicted octanol–water partition coefficient (Wildman–Crippen LogP) is 5.60. The third-order valence-corrected chi connectivity index (χ3v) is 5.51. The first-order chi connectivity index (χ1) is 13.3. The van der Waals surface area contributed by atoms with E-state index in [2.05, 4.69) is 23.1 Å². The first kappa shape index (κ1) is 16.1. The van der Waals surface area contributed by atoms with Crippen molar-refractivity contribution < 1.29 is 4.42 Å². The van der Waals surface area contributed by atoms with Crippen LogP contribution < -0.4 is 10.5 Å². The third kappa shape index (κ3) is 2.71. The molecule has 1 aliphatic rings. The number of benzene rings is 3. The van der Waals surface area contributed by atoms with Crippen LogP contribution in [0.2, 0.25) is 0 Å². The average Bonchev–Trinajstić information content (AvgIpc) is 2.74. The molecule has 1 aliphatic heterocycles. The number of anilines is 1. The van der Waals surface area contributed by atoms with Crippen LogP contribution in [-0.4, -0.2) is 13.1 Å². The van der Waals surface area contributed by atoms with Gasteiger partial charge >= 0.3 is 5.63 Å². The Labute approximate surface area is 157 Å². The summed E-state index contributed by atoms with van der Waals surface area (Å²) in [5.41, 5.74) is 3.06. The molecule has 3 aromatic carbocycles. The van der Waals surface area contributed by atoms with E-state index in [1.165, 1.54) is 6.42 Å². The SMILES string of the molecule is O=c1oc2c(ccc3ccccc32)c(N2CCCCC2)c1-c1ccccc1. The fourth-order valence-electron chi connectivity index (χ4n) is 4.22. The number of hydrogen-bond donors (Lipinski definition) is 0. The van der Waals surface area contributed by atoms with E-state index in [0.29, 0.717) is 11.1 Å². The van der Waals surface area contributed by atoms with E-state index in [4.69, 9.17) is 4.42 Å². The van der Waals surface area contributed by atoms with Gasteiger partial charge in [0.1, 0.15) is 5.58 Å². The van der Waals surface area contributed by atoms with Gasteiger partial charge < -0.3 is 9.32 Å². The lowest BCUT2D eigenvalue weighted by Crippen LogP contribution is -2.31. The Bertz CT molecular complexity index is 1170. The molecule has 3 nitrogen and oxygen atoms in total. The van der Waals surface area contributed by atoms with Gasteiger partial charge in [0.15, 0.2) is 0 Å². The van der Waals surface area contributed by atoms with Gasteiger partial charge in [-0.15, -0.1) is 0 Å². The number of nitrogens with zero attached hydrogens (tertiary/aromatic N) is 1. The summed E-state index contributed by atoms with van der Waals surface area (Å²) in [4.78, 5) is 15.5. The highest BCUT2D eigenvalue weighted by atomic mass is 16.4. The van der Waals surface area contributed by atoms with E-state index in [0.717, 1.165) is 53.3 Å². The molecule has 0 amide bonds. The summed E-state index contributed by atoms with van der Waals surface area (Å²) < 4.78 is 5.91. The largest absolute Gasteiger partial charge is 0.421 e. The Morgan fingerprint density at radius 2 is 1.48 bits per heavy atom. The van der Waals surface area contributed by atoms with E-state index in [1.807, 2.05) is 48.5 Å². The van der Waals surface area contributed by atoms with E-state index in [9.17, 15) is 4.79 Å². The Kier molecular flexibility index (Phi) is 3.93. The van der Waals surface area contributed by atoms with Gasteiger partial charge in [0, 0.05) is 23.9 Å². The fourth-order valence-corrected chi connectivity index (χ4v) is 4.22. The van der Waals surface area contributed by atoms with Crippen LogP contribution in [0.3, 0.4) is 0 Å². The molecule has 3 heteroatoms. The highest BCUT2D eigenvalue weighted by molar-refractivity contribution is 6.10. The van der Waals surface area contributed by atoms with Crippen LogP contribution in [0.5, 0.6) is 0 Å². The first-order valence-corrected chi connectivity index (χ1v) is 9.62. The average molecular weight is 355 g/mol. The predicted molar refractivity (Wildman–Crippen MR) is 111 cm³/mol. The summed E-state index contributed by atoms with van der Waals surface area (Å²) in [5.74, 6) is 0. The molecule has 4 aromatic rings. The standard InChI is InChI=1S/C24H21NO2/c26-24-21(18-10-3-1-4-11-18)22(25-15-7-2-8-16-25)20-14-13-17-9-5-6-12-19(17)23(20)27-24/h1,3-6,9-14H,2,7-8,15-16H2. The zero-order valence-corrected chi connectivity index (χ0v) is 15.2. The highest BCUT2D eigenvalue weighted by Gasteiger charge is 2.23. The molecule has 0 spiro atoms. The maximum Gasteiger partial charge on any atom is 0.346 e. The van der Waals surface area contributed by atoms with Crippen LogP contribution in [0.15, 0.2) is 75.9 Å². The quantitative estimate of drug-likeness (QED) is 0.346. The van der Waals surface area contributed by atoms with E-state index < -0.39 is 0 Å². The summed E-state index contributed by atoms with van der Waals surface area (Å²) in [6.07, 6.45) is 3.56. The molecule has 0 aliphatic carbocycles. The molecule has 1 saturated heterocycles. The van der Waals surface area contributed by atoms with Gasteiger partial charge in [0.25, 0.3) is 0 Å². The summed E-state index contributed by atoms with van der Waals surface area (Å²) in [6.45, 7) is 1.95. The van der Waals surface area contributed by atoms with Crippen LogP contribution >= 0.6 is 0 Å². The molecule has 1 aromatic heterocycles. The topological polar surface area (TPSA) is 33.5 Å². The second kappa shape index (κ2) is 6.58. The van der Waals surface area contributed by atoms with Crippen LogP contribution in [0.25, 0.3) is 32.9 Å². The molecule has 1 fully saturated rings. The van der Waals surface area contributed by atoms with Crippen LogP contribution in [-0.2, 0) is 0 Å². The van der Waals surface area contributed by atoms with Crippen molar-refractivity contribution >= 4 is 27.4 Å². The Morgan fingerprint density at radius 1 is 0.741 bits per heavy atom. The molecule has 0 unspecified atom stereocenters. The lowest BCUT2D eigenvalue weighted by molar-refractivity contribution is 0.557. The third-order valence-electron chi connectivity index (χ3n) is 5.51. The lowest BCUT2D eigenvalue weighted by Gasteiger charge is -2.31. The summed E-state index contributed by atoms with van der Waals surface area (Å²) >= 11 is 0. The normalized spacial score (nSPS) is 14.7. The van der Waals surface area contributed by atoms with Crippen molar-refractivity contribution in [2.24, 2.45) is 0 Å².